The highest BCUT2D eigenvalue weighted by Crippen LogP contribution is 2.32. The molecule has 7 nitrogen and oxygen atoms in total. The van der Waals surface area contributed by atoms with Crippen molar-refractivity contribution in [3.8, 4) is 11.3 Å². The van der Waals surface area contributed by atoms with Crippen LogP contribution < -0.4 is 11.1 Å². The van der Waals surface area contributed by atoms with Crippen molar-refractivity contribution < 1.29 is 9.13 Å². The molecule has 4 rings (SSSR count). The Balaban J connectivity index is 1.83. The summed E-state index contributed by atoms with van der Waals surface area (Å²) < 4.78 is 20.6. The molecule has 0 spiro atoms. The van der Waals surface area contributed by atoms with Crippen LogP contribution in [0.5, 0.6) is 0 Å². The van der Waals surface area contributed by atoms with Gasteiger partial charge < -0.3 is 15.8 Å². The number of anilines is 2. The summed E-state index contributed by atoms with van der Waals surface area (Å²) in [6.07, 6.45) is 0. The fourth-order valence-electron chi connectivity index (χ4n) is 3.12. The van der Waals surface area contributed by atoms with Crippen molar-refractivity contribution in [1.29, 1.82) is 0 Å². The number of benzene rings is 2. The minimum Gasteiger partial charge on any atom is -0.383 e. The van der Waals surface area contributed by atoms with Crippen LogP contribution in [0.1, 0.15) is 5.56 Å². The number of methoxy groups -OCH3 is 1. The Kier molecular flexibility index (Phi) is 5.35. The summed E-state index contributed by atoms with van der Waals surface area (Å²) in [6, 6.07) is 16.1. The van der Waals surface area contributed by atoms with Crippen LogP contribution in [0.15, 0.2) is 54.6 Å². The highest BCUT2D eigenvalue weighted by molar-refractivity contribution is 5.98. The van der Waals surface area contributed by atoms with Crippen LogP contribution in [0.25, 0.3) is 22.3 Å². The third-order valence-corrected chi connectivity index (χ3v) is 4.50. The van der Waals surface area contributed by atoms with Gasteiger partial charge in [0.2, 0.25) is 5.95 Å². The molecule has 0 radical (unpaired) electrons. The van der Waals surface area contributed by atoms with Gasteiger partial charge in [-0.25, -0.2) is 14.1 Å². The summed E-state index contributed by atoms with van der Waals surface area (Å²) in [5.74, 6) is 0.475. The normalized spacial score (nSPS) is 11.1. The van der Waals surface area contributed by atoms with Gasteiger partial charge in [0.25, 0.3) is 0 Å². The van der Waals surface area contributed by atoms with Gasteiger partial charge in [0.05, 0.1) is 24.2 Å². The molecule has 0 fully saturated rings. The molecule has 2 aromatic carbocycles. The summed E-state index contributed by atoms with van der Waals surface area (Å²) >= 11 is 0. The third kappa shape index (κ3) is 4.02. The molecule has 0 aliphatic heterocycles. The summed E-state index contributed by atoms with van der Waals surface area (Å²) in [5, 5.41) is 8.29. The second-order valence-electron chi connectivity index (χ2n) is 6.55. The van der Waals surface area contributed by atoms with E-state index in [2.05, 4.69) is 20.4 Å². The third-order valence-electron chi connectivity index (χ3n) is 4.50. The van der Waals surface area contributed by atoms with Crippen LogP contribution in [0.4, 0.5) is 16.2 Å². The van der Waals surface area contributed by atoms with Crippen molar-refractivity contribution in [3.05, 3.63) is 66.0 Å². The molecule has 0 aliphatic rings. The van der Waals surface area contributed by atoms with Gasteiger partial charge in [-0.1, -0.05) is 42.5 Å². The highest BCUT2D eigenvalue weighted by Gasteiger charge is 2.18. The number of rotatable bonds is 7. The average Bonchev–Trinajstić information content (AvgIpc) is 3.04. The predicted octanol–water partition coefficient (Wildman–Crippen LogP) is 3.32. The second-order valence-corrected chi connectivity index (χ2v) is 6.55. The average molecular weight is 392 g/mol. The van der Waals surface area contributed by atoms with Gasteiger partial charge in [0.1, 0.15) is 11.6 Å². The predicted molar refractivity (Wildman–Crippen MR) is 111 cm³/mol. The van der Waals surface area contributed by atoms with E-state index >= 15 is 0 Å². The van der Waals surface area contributed by atoms with Gasteiger partial charge in [-0.3, -0.25) is 0 Å². The van der Waals surface area contributed by atoms with Crippen LogP contribution in [0.2, 0.25) is 0 Å². The molecule has 0 saturated carbocycles. The molecule has 0 amide bonds. The Morgan fingerprint density at radius 3 is 2.69 bits per heavy atom. The molecule has 2 aromatic heterocycles. The van der Waals surface area contributed by atoms with Crippen molar-refractivity contribution in [3.63, 3.8) is 0 Å². The molecular formula is C21H21FN6O. The largest absolute Gasteiger partial charge is 0.383 e. The van der Waals surface area contributed by atoms with Crippen molar-refractivity contribution >= 4 is 22.8 Å². The van der Waals surface area contributed by atoms with Gasteiger partial charge in [-0.2, -0.15) is 4.98 Å². The van der Waals surface area contributed by atoms with E-state index in [0.717, 1.165) is 5.56 Å². The lowest BCUT2D eigenvalue weighted by atomic mass is 10.1. The summed E-state index contributed by atoms with van der Waals surface area (Å²) in [6.45, 7) is 1.53. The van der Waals surface area contributed by atoms with Gasteiger partial charge in [-0.05, 0) is 17.7 Å². The fourth-order valence-corrected chi connectivity index (χ4v) is 3.12. The summed E-state index contributed by atoms with van der Waals surface area (Å²) in [7, 11) is 1.62. The van der Waals surface area contributed by atoms with E-state index in [1.165, 1.54) is 12.1 Å². The standard InChI is InChI=1S/C21H21FN6O/c1-29-11-10-24-21-25-18(15-8-5-9-16(22)12-15)17-19(23)28(27-20(17)26-21)13-14-6-3-2-4-7-14/h2-9,12H,10-11,13,23H2,1H3,(H,24,26,27). The molecule has 2 heterocycles. The first-order chi connectivity index (χ1) is 14.2. The molecule has 29 heavy (non-hydrogen) atoms. The Morgan fingerprint density at radius 2 is 1.93 bits per heavy atom. The maximum absolute atomic E-state index is 13.9. The van der Waals surface area contributed by atoms with E-state index in [0.29, 0.717) is 53.8 Å². The number of nitrogens with one attached hydrogen (secondary N) is 1. The van der Waals surface area contributed by atoms with Crippen LogP contribution in [0, 0.1) is 5.82 Å². The van der Waals surface area contributed by atoms with E-state index in [9.17, 15) is 4.39 Å². The molecule has 0 unspecified atom stereocenters. The Labute approximate surface area is 167 Å². The van der Waals surface area contributed by atoms with Crippen molar-refractivity contribution in [1.82, 2.24) is 19.7 Å². The summed E-state index contributed by atoms with van der Waals surface area (Å²) in [4.78, 5) is 9.08. The number of aromatic nitrogens is 4. The topological polar surface area (TPSA) is 90.9 Å². The molecule has 0 saturated heterocycles. The first-order valence-electron chi connectivity index (χ1n) is 9.22. The lowest BCUT2D eigenvalue weighted by Gasteiger charge is -2.08. The van der Waals surface area contributed by atoms with E-state index < -0.39 is 0 Å². The van der Waals surface area contributed by atoms with E-state index in [1.807, 2.05) is 30.3 Å². The van der Waals surface area contributed by atoms with E-state index in [1.54, 1.807) is 23.9 Å². The first-order valence-corrected chi connectivity index (χ1v) is 9.22. The molecule has 0 atom stereocenters. The Morgan fingerprint density at radius 1 is 1.10 bits per heavy atom. The van der Waals surface area contributed by atoms with E-state index in [-0.39, 0.29) is 5.82 Å². The van der Waals surface area contributed by atoms with E-state index in [4.69, 9.17) is 10.5 Å². The zero-order chi connectivity index (χ0) is 20.2. The van der Waals surface area contributed by atoms with Crippen LogP contribution in [-0.2, 0) is 11.3 Å². The van der Waals surface area contributed by atoms with Crippen LogP contribution >= 0.6 is 0 Å². The number of nitrogens with zero attached hydrogens (tertiary/aromatic N) is 4. The maximum Gasteiger partial charge on any atom is 0.225 e. The first kappa shape index (κ1) is 18.8. The monoisotopic (exact) mass is 392 g/mol. The zero-order valence-corrected chi connectivity index (χ0v) is 16.0. The molecule has 0 aliphatic carbocycles. The van der Waals surface area contributed by atoms with Crippen molar-refractivity contribution in [2.24, 2.45) is 0 Å². The minimum absolute atomic E-state index is 0.349. The summed E-state index contributed by atoms with van der Waals surface area (Å²) in [5.41, 5.74) is 9.08. The lowest BCUT2D eigenvalue weighted by Crippen LogP contribution is -2.10. The molecular weight excluding hydrogens is 371 g/mol. The van der Waals surface area contributed by atoms with Gasteiger partial charge >= 0.3 is 0 Å². The highest BCUT2D eigenvalue weighted by atomic mass is 19.1. The van der Waals surface area contributed by atoms with Crippen LogP contribution in [0.3, 0.4) is 0 Å². The van der Waals surface area contributed by atoms with Crippen molar-refractivity contribution in [2.45, 2.75) is 6.54 Å². The lowest BCUT2D eigenvalue weighted by molar-refractivity contribution is 0.210. The van der Waals surface area contributed by atoms with Gasteiger partial charge in [0.15, 0.2) is 5.65 Å². The van der Waals surface area contributed by atoms with Gasteiger partial charge in [0, 0.05) is 19.2 Å². The Bertz CT molecular complexity index is 1130. The Hall–Kier alpha value is -3.52. The molecule has 8 heteroatoms. The number of ether oxygens (including phenoxy) is 1. The number of nitrogen functional groups attached to an aromatic ring is 1. The zero-order valence-electron chi connectivity index (χ0n) is 16.0. The SMILES string of the molecule is COCCNc1nc(-c2cccc(F)c2)c2c(N)n(Cc3ccccc3)nc2n1. The van der Waals surface area contributed by atoms with Crippen molar-refractivity contribution in [2.75, 3.05) is 31.3 Å². The molecule has 4 aromatic rings. The number of halogens is 1. The number of hydrogen-bond donors (Lipinski definition) is 2. The maximum atomic E-state index is 13.9. The van der Waals surface area contributed by atoms with Crippen LogP contribution in [-0.4, -0.2) is 40.0 Å². The molecule has 0 bridgehead atoms. The minimum atomic E-state index is -0.349. The smallest absolute Gasteiger partial charge is 0.225 e. The molecule has 148 valence electrons. The second kappa shape index (κ2) is 8.24. The number of nitrogens with two attached hydrogens (primary N) is 1. The number of hydrogen-bond acceptors (Lipinski definition) is 6. The number of fused-ring (bicyclic) bond motifs is 1. The fraction of sp³-hybridized carbons (Fsp3) is 0.190. The quantitative estimate of drug-likeness (QED) is 0.469. The van der Waals surface area contributed by atoms with Gasteiger partial charge in [-0.15, -0.1) is 5.10 Å². The molecule has 3 N–H and O–H groups in total.